The topological polar surface area (TPSA) is 23.5 Å². The van der Waals surface area contributed by atoms with E-state index in [1.165, 1.54) is 12.8 Å². The predicted octanol–water partition coefficient (Wildman–Crippen LogP) is 1.49. The second-order valence-electron chi connectivity index (χ2n) is 3.65. The van der Waals surface area contributed by atoms with Gasteiger partial charge in [0.15, 0.2) is 0 Å². The fraction of sp³-hybridized carbons (Fsp3) is 1.00. The smallest absolute Gasteiger partial charge is 0.0612 e. The second-order valence-corrected chi connectivity index (χ2v) is 3.65. The Hall–Kier alpha value is -0.0800. The van der Waals surface area contributed by atoms with Crippen LogP contribution in [0.2, 0.25) is 0 Å². The van der Waals surface area contributed by atoms with E-state index in [0.29, 0.717) is 0 Å². The number of nitrogens with zero attached hydrogens (tertiary/aromatic N) is 1. The van der Waals surface area contributed by atoms with Gasteiger partial charge in [-0.15, -0.1) is 0 Å². The quantitative estimate of drug-likeness (QED) is 0.657. The molecule has 0 heterocycles. The van der Waals surface area contributed by atoms with Crippen molar-refractivity contribution in [1.29, 1.82) is 0 Å². The number of rotatable bonds is 5. The summed E-state index contributed by atoms with van der Waals surface area (Å²) >= 11 is 0. The molecule has 1 atom stereocenters. The molecule has 0 aliphatic rings. The minimum Gasteiger partial charge on any atom is -0.394 e. The summed E-state index contributed by atoms with van der Waals surface area (Å²) in [6.45, 7) is 4.52. The molecule has 68 valence electrons. The van der Waals surface area contributed by atoms with Crippen LogP contribution in [-0.4, -0.2) is 36.2 Å². The molecule has 2 nitrogen and oxygen atoms in total. The van der Waals surface area contributed by atoms with Gasteiger partial charge < -0.3 is 10.0 Å². The highest BCUT2D eigenvalue weighted by molar-refractivity contribution is 4.81. The van der Waals surface area contributed by atoms with E-state index < -0.39 is 0 Å². The Balaban J connectivity index is 3.88. The predicted molar refractivity (Wildman–Crippen MR) is 48.7 cm³/mol. The lowest BCUT2D eigenvalue weighted by molar-refractivity contribution is 0.0743. The molecule has 0 aliphatic carbocycles. The van der Waals surface area contributed by atoms with Crippen LogP contribution >= 0.6 is 0 Å². The molecule has 0 bridgehead atoms. The summed E-state index contributed by atoms with van der Waals surface area (Å²) in [4.78, 5) is 2.10. The van der Waals surface area contributed by atoms with E-state index >= 15 is 0 Å². The Labute approximate surface area is 70.2 Å². The van der Waals surface area contributed by atoms with Crippen molar-refractivity contribution in [2.24, 2.45) is 0 Å². The van der Waals surface area contributed by atoms with Gasteiger partial charge in [0, 0.05) is 5.54 Å². The van der Waals surface area contributed by atoms with E-state index in [9.17, 15) is 0 Å². The summed E-state index contributed by atoms with van der Waals surface area (Å²) in [6, 6.07) is 0. The third kappa shape index (κ3) is 3.21. The molecule has 0 radical (unpaired) electrons. The molecule has 0 saturated carbocycles. The summed E-state index contributed by atoms with van der Waals surface area (Å²) in [5, 5.41) is 9.14. The van der Waals surface area contributed by atoms with Crippen molar-refractivity contribution in [3.8, 4) is 0 Å². The Kier molecular flexibility index (Phi) is 4.69. The van der Waals surface area contributed by atoms with E-state index in [-0.39, 0.29) is 12.1 Å². The Morgan fingerprint density at radius 1 is 1.36 bits per heavy atom. The van der Waals surface area contributed by atoms with Gasteiger partial charge >= 0.3 is 0 Å². The minimum absolute atomic E-state index is 0.0178. The van der Waals surface area contributed by atoms with Gasteiger partial charge in [-0.2, -0.15) is 0 Å². The van der Waals surface area contributed by atoms with Gasteiger partial charge in [0.2, 0.25) is 0 Å². The minimum atomic E-state index is -0.0178. The first kappa shape index (κ1) is 10.9. The van der Waals surface area contributed by atoms with Crippen LogP contribution in [0.15, 0.2) is 0 Å². The molecule has 0 saturated heterocycles. The van der Waals surface area contributed by atoms with Crippen molar-refractivity contribution in [3.05, 3.63) is 0 Å². The maximum absolute atomic E-state index is 9.14. The molecule has 0 spiro atoms. The molecule has 2 heteroatoms. The van der Waals surface area contributed by atoms with Gasteiger partial charge in [-0.3, -0.25) is 0 Å². The lowest BCUT2D eigenvalue weighted by Gasteiger charge is -2.34. The zero-order valence-corrected chi connectivity index (χ0v) is 8.22. The SMILES string of the molecule is CCCCC(C)(CO)N(C)C. The van der Waals surface area contributed by atoms with Crippen LogP contribution in [0.3, 0.4) is 0 Å². The highest BCUT2D eigenvalue weighted by Gasteiger charge is 2.24. The van der Waals surface area contributed by atoms with Gasteiger partial charge in [0.25, 0.3) is 0 Å². The molecule has 0 aromatic rings. The molecule has 1 N–H and O–H groups in total. The van der Waals surface area contributed by atoms with Crippen LogP contribution in [0, 0.1) is 0 Å². The molecule has 0 aromatic carbocycles. The monoisotopic (exact) mass is 159 g/mol. The Bertz CT molecular complexity index is 104. The van der Waals surface area contributed by atoms with Crippen molar-refractivity contribution >= 4 is 0 Å². The number of hydrogen-bond donors (Lipinski definition) is 1. The molecule has 1 unspecified atom stereocenters. The number of aliphatic hydroxyl groups excluding tert-OH is 1. The molecule has 0 rings (SSSR count). The van der Waals surface area contributed by atoms with E-state index in [1.54, 1.807) is 0 Å². The number of hydrogen-bond acceptors (Lipinski definition) is 2. The van der Waals surface area contributed by atoms with E-state index in [0.717, 1.165) is 6.42 Å². The fourth-order valence-electron chi connectivity index (χ4n) is 1.00. The summed E-state index contributed by atoms with van der Waals surface area (Å²) in [7, 11) is 4.04. The van der Waals surface area contributed by atoms with Crippen molar-refractivity contribution < 1.29 is 5.11 Å². The van der Waals surface area contributed by atoms with E-state index in [4.69, 9.17) is 5.11 Å². The number of unbranched alkanes of at least 4 members (excludes halogenated alkanes) is 1. The first-order valence-corrected chi connectivity index (χ1v) is 4.35. The summed E-state index contributed by atoms with van der Waals surface area (Å²) in [5.74, 6) is 0. The van der Waals surface area contributed by atoms with Crippen molar-refractivity contribution in [1.82, 2.24) is 4.90 Å². The zero-order chi connectivity index (χ0) is 8.91. The van der Waals surface area contributed by atoms with Crippen molar-refractivity contribution in [2.75, 3.05) is 20.7 Å². The largest absolute Gasteiger partial charge is 0.394 e. The lowest BCUT2D eigenvalue weighted by atomic mass is 9.95. The third-order valence-electron chi connectivity index (χ3n) is 2.49. The van der Waals surface area contributed by atoms with E-state index in [1.807, 2.05) is 14.1 Å². The molecule has 0 aromatic heterocycles. The highest BCUT2D eigenvalue weighted by atomic mass is 16.3. The first-order valence-electron chi connectivity index (χ1n) is 4.35. The maximum Gasteiger partial charge on any atom is 0.0612 e. The van der Waals surface area contributed by atoms with Gasteiger partial charge in [0.05, 0.1) is 6.61 Å². The van der Waals surface area contributed by atoms with Gasteiger partial charge in [-0.25, -0.2) is 0 Å². The Morgan fingerprint density at radius 2 is 1.91 bits per heavy atom. The van der Waals surface area contributed by atoms with Crippen LogP contribution in [0.4, 0.5) is 0 Å². The van der Waals surface area contributed by atoms with Crippen LogP contribution in [0.1, 0.15) is 33.1 Å². The van der Waals surface area contributed by atoms with Crippen LogP contribution < -0.4 is 0 Å². The first-order chi connectivity index (χ1) is 5.06. The number of likely N-dealkylation sites (N-methyl/N-ethyl adjacent to an activating group) is 1. The lowest BCUT2D eigenvalue weighted by Crippen LogP contribution is -2.44. The maximum atomic E-state index is 9.14. The molecule has 0 amide bonds. The summed E-state index contributed by atoms with van der Waals surface area (Å²) < 4.78 is 0. The van der Waals surface area contributed by atoms with Gasteiger partial charge in [-0.1, -0.05) is 19.8 Å². The van der Waals surface area contributed by atoms with Gasteiger partial charge in [0.1, 0.15) is 0 Å². The fourth-order valence-corrected chi connectivity index (χ4v) is 1.00. The van der Waals surface area contributed by atoms with Crippen LogP contribution in [-0.2, 0) is 0 Å². The highest BCUT2D eigenvalue weighted by Crippen LogP contribution is 2.18. The zero-order valence-electron chi connectivity index (χ0n) is 8.22. The summed E-state index contributed by atoms with van der Waals surface area (Å²) in [6.07, 6.45) is 3.46. The number of aliphatic hydroxyl groups is 1. The second kappa shape index (κ2) is 4.73. The molecular weight excluding hydrogens is 138 g/mol. The average molecular weight is 159 g/mol. The molecular formula is C9H21NO. The average Bonchev–Trinajstić information content (AvgIpc) is 2.00. The molecule has 0 fully saturated rings. The normalized spacial score (nSPS) is 16.9. The Morgan fingerprint density at radius 3 is 2.18 bits per heavy atom. The summed E-state index contributed by atoms with van der Waals surface area (Å²) in [5.41, 5.74) is -0.0178. The van der Waals surface area contributed by atoms with Crippen LogP contribution in [0.25, 0.3) is 0 Å². The van der Waals surface area contributed by atoms with Crippen molar-refractivity contribution in [2.45, 2.75) is 38.6 Å². The molecule has 11 heavy (non-hydrogen) atoms. The molecule has 0 aliphatic heterocycles. The van der Waals surface area contributed by atoms with E-state index in [2.05, 4.69) is 18.7 Å². The van der Waals surface area contributed by atoms with Crippen molar-refractivity contribution in [3.63, 3.8) is 0 Å². The van der Waals surface area contributed by atoms with Crippen LogP contribution in [0.5, 0.6) is 0 Å². The third-order valence-corrected chi connectivity index (χ3v) is 2.49. The van der Waals surface area contributed by atoms with Gasteiger partial charge in [-0.05, 0) is 27.4 Å². The standard InChI is InChI=1S/C9H21NO/c1-5-6-7-9(2,8-11)10(3)4/h11H,5-8H2,1-4H3.